The summed E-state index contributed by atoms with van der Waals surface area (Å²) in [4.78, 5) is 10.5. The number of unbranched alkanes of at least 4 members (excludes halogenated alkanes) is 5. The van der Waals surface area contributed by atoms with E-state index in [1.54, 1.807) is 17.7 Å². The average molecular weight is 375 g/mol. The van der Waals surface area contributed by atoms with E-state index in [2.05, 4.69) is 20.8 Å². The second-order valence-corrected chi connectivity index (χ2v) is 20.5. The van der Waals surface area contributed by atoms with E-state index in [9.17, 15) is 4.79 Å². The summed E-state index contributed by atoms with van der Waals surface area (Å²) in [6.07, 6.45) is 12.9. The Hall–Kier alpha value is 0.469. The first-order valence-electron chi connectivity index (χ1n) is 8.68. The van der Waals surface area contributed by atoms with Gasteiger partial charge >= 0.3 is 126 Å². The van der Waals surface area contributed by atoms with Gasteiger partial charge in [-0.15, -0.1) is 0 Å². The molecule has 0 aliphatic carbocycles. The molecule has 0 rings (SSSR count). The molecule has 0 amide bonds. The van der Waals surface area contributed by atoms with E-state index < -0.39 is 18.4 Å². The molecule has 0 N–H and O–H groups in total. The van der Waals surface area contributed by atoms with E-state index in [0.717, 1.165) is 19.1 Å². The van der Waals surface area contributed by atoms with Crippen LogP contribution in [-0.4, -0.2) is 24.7 Å². The Kier molecular flexibility index (Phi) is 13.8. The van der Waals surface area contributed by atoms with Gasteiger partial charge in [-0.1, -0.05) is 0 Å². The Bertz CT molecular complexity index is 182. The minimum atomic E-state index is -1.85. The molecule has 0 spiro atoms. The first-order valence-corrected chi connectivity index (χ1v) is 16.8. The fourth-order valence-corrected chi connectivity index (χ4v) is 19.7. The first-order chi connectivity index (χ1) is 9.24. The fourth-order valence-electron chi connectivity index (χ4n) is 3.13. The van der Waals surface area contributed by atoms with Crippen molar-refractivity contribution in [2.45, 2.75) is 96.3 Å². The van der Waals surface area contributed by atoms with Crippen LogP contribution in [0.25, 0.3) is 0 Å². The summed E-state index contributed by atoms with van der Waals surface area (Å²) in [5.41, 5.74) is 0. The molecule has 0 saturated heterocycles. The van der Waals surface area contributed by atoms with Crippen molar-refractivity contribution in [1.82, 2.24) is 0 Å². The van der Waals surface area contributed by atoms with E-state index in [1.165, 1.54) is 44.9 Å². The number of hydrogen-bond acceptors (Lipinski definition) is 1. The van der Waals surface area contributed by atoms with Crippen molar-refractivity contribution in [3.8, 4) is 0 Å². The van der Waals surface area contributed by atoms with Gasteiger partial charge in [0.05, 0.1) is 0 Å². The first kappa shape index (κ1) is 19.5. The second-order valence-electron chi connectivity index (χ2n) is 6.22. The van der Waals surface area contributed by atoms with Crippen LogP contribution >= 0.6 is 0 Å². The van der Waals surface area contributed by atoms with E-state index in [4.69, 9.17) is 0 Å². The average Bonchev–Trinajstić information content (AvgIpc) is 2.44. The molecule has 0 aromatic heterocycles. The van der Waals surface area contributed by atoms with Gasteiger partial charge in [-0.2, -0.15) is 0 Å². The fraction of sp³-hybridized carbons (Fsp3) is 0.941. The molecule has 0 aliphatic rings. The number of aldehydes is 1. The summed E-state index contributed by atoms with van der Waals surface area (Å²) in [7, 11) is 0. The predicted molar refractivity (Wildman–Crippen MR) is 89.6 cm³/mol. The van der Waals surface area contributed by atoms with Crippen molar-refractivity contribution < 1.29 is 4.79 Å². The van der Waals surface area contributed by atoms with E-state index in [1.807, 2.05) is 0 Å². The molecule has 2 heteroatoms. The molecule has 0 aliphatic heterocycles. The van der Waals surface area contributed by atoms with Crippen LogP contribution in [0.4, 0.5) is 0 Å². The number of hydrogen-bond donors (Lipinski definition) is 0. The van der Waals surface area contributed by atoms with E-state index in [-0.39, 0.29) is 0 Å². The third-order valence-electron chi connectivity index (χ3n) is 4.46. The van der Waals surface area contributed by atoms with E-state index in [0.29, 0.717) is 0 Å². The zero-order valence-electron chi connectivity index (χ0n) is 13.7. The van der Waals surface area contributed by atoms with Crippen molar-refractivity contribution in [2.75, 3.05) is 0 Å². The second kappa shape index (κ2) is 13.5. The molecule has 0 fully saturated rings. The van der Waals surface area contributed by atoms with Crippen molar-refractivity contribution in [3.63, 3.8) is 0 Å². The number of carbonyl (C=O) groups excluding carboxylic acids is 1. The maximum absolute atomic E-state index is 10.5. The zero-order valence-corrected chi connectivity index (χ0v) is 16.5. The van der Waals surface area contributed by atoms with Crippen molar-refractivity contribution >= 4 is 24.7 Å². The molecular weight excluding hydrogens is 339 g/mol. The summed E-state index contributed by atoms with van der Waals surface area (Å²) in [6.45, 7) is 7.01. The summed E-state index contributed by atoms with van der Waals surface area (Å²) < 4.78 is 6.41. The maximum atomic E-state index is 10.5. The molecule has 114 valence electrons. The minimum absolute atomic E-state index is 0.789. The van der Waals surface area contributed by atoms with Gasteiger partial charge < -0.3 is 0 Å². The molecule has 0 aromatic rings. The van der Waals surface area contributed by atoms with Gasteiger partial charge in [0.2, 0.25) is 0 Å². The summed E-state index contributed by atoms with van der Waals surface area (Å²) in [5, 5.41) is 0. The van der Waals surface area contributed by atoms with Gasteiger partial charge in [0, 0.05) is 0 Å². The molecule has 0 unspecified atom stereocenters. The van der Waals surface area contributed by atoms with Crippen molar-refractivity contribution in [1.29, 1.82) is 0 Å². The third kappa shape index (κ3) is 9.92. The summed E-state index contributed by atoms with van der Waals surface area (Å²) in [5.74, 6) is 0. The number of rotatable bonds is 14. The molecule has 19 heavy (non-hydrogen) atoms. The van der Waals surface area contributed by atoms with Crippen LogP contribution in [0, 0.1) is 0 Å². The number of carbonyl (C=O) groups is 1. The molecule has 0 atom stereocenters. The standard InChI is InChI=1S/C5H9O.3C4H9.Sn/c1-2-3-4-5-6;3*1-3-4-2;/h5H,1-4H2;3*1,3-4H2,2H3;. The van der Waals surface area contributed by atoms with E-state index >= 15 is 0 Å². The monoisotopic (exact) mass is 376 g/mol. The Morgan fingerprint density at radius 1 is 0.684 bits per heavy atom. The van der Waals surface area contributed by atoms with Crippen LogP contribution < -0.4 is 0 Å². The molecule has 0 aromatic carbocycles. The van der Waals surface area contributed by atoms with Crippen LogP contribution in [0.2, 0.25) is 17.7 Å². The topological polar surface area (TPSA) is 17.1 Å². The normalized spacial score (nSPS) is 11.7. The van der Waals surface area contributed by atoms with Crippen LogP contribution in [0.15, 0.2) is 0 Å². The zero-order chi connectivity index (χ0) is 14.4. The molecular formula is C17H36OSn. The Morgan fingerprint density at radius 2 is 1.11 bits per heavy atom. The third-order valence-corrected chi connectivity index (χ3v) is 20.6. The predicted octanol–water partition coefficient (Wildman–Crippen LogP) is 6.20. The van der Waals surface area contributed by atoms with Crippen LogP contribution in [-0.2, 0) is 4.79 Å². The Labute approximate surface area is 125 Å². The van der Waals surface area contributed by atoms with Crippen LogP contribution in [0.3, 0.4) is 0 Å². The van der Waals surface area contributed by atoms with Gasteiger partial charge in [0.15, 0.2) is 0 Å². The summed E-state index contributed by atoms with van der Waals surface area (Å²) in [6, 6.07) is 0. The molecule has 0 radical (unpaired) electrons. The van der Waals surface area contributed by atoms with Gasteiger partial charge in [0.25, 0.3) is 0 Å². The van der Waals surface area contributed by atoms with Gasteiger partial charge in [-0.25, -0.2) is 0 Å². The SMILES string of the molecule is CCC[CH2][Sn]([CH2]CCC)([CH2]CCC)[CH2]CCCC=O. The Morgan fingerprint density at radius 3 is 1.47 bits per heavy atom. The quantitative estimate of drug-likeness (QED) is 0.201. The van der Waals surface area contributed by atoms with Gasteiger partial charge in [-0.05, 0) is 0 Å². The summed E-state index contributed by atoms with van der Waals surface area (Å²) >= 11 is -1.85. The molecule has 1 nitrogen and oxygen atoms in total. The Balaban J connectivity index is 4.42. The van der Waals surface area contributed by atoms with Gasteiger partial charge in [-0.3, -0.25) is 0 Å². The molecule has 0 heterocycles. The van der Waals surface area contributed by atoms with Crippen molar-refractivity contribution in [2.24, 2.45) is 0 Å². The van der Waals surface area contributed by atoms with Crippen LogP contribution in [0.5, 0.6) is 0 Å². The van der Waals surface area contributed by atoms with Crippen LogP contribution in [0.1, 0.15) is 78.6 Å². The molecule has 0 bridgehead atoms. The molecule has 0 saturated carbocycles. The van der Waals surface area contributed by atoms with Crippen molar-refractivity contribution in [3.05, 3.63) is 0 Å². The van der Waals surface area contributed by atoms with Gasteiger partial charge in [0.1, 0.15) is 0 Å².